The lowest BCUT2D eigenvalue weighted by Crippen LogP contribution is -1.93. The Kier molecular flexibility index (Phi) is 4.83. The lowest BCUT2D eigenvalue weighted by atomic mass is 10.2. The molecule has 94 valence electrons. The maximum Gasteiger partial charge on any atom is 0.179 e. The van der Waals surface area contributed by atoms with Crippen molar-refractivity contribution in [2.45, 2.75) is 20.5 Å². The Hall–Kier alpha value is -0.370. The van der Waals surface area contributed by atoms with Crippen molar-refractivity contribution in [2.24, 2.45) is 0 Å². The number of Topliss-reactive ketones (excluding diaryl/α,β-unsaturated/α-hetero) is 1. The average molecular weight is 361 g/mol. The summed E-state index contributed by atoms with van der Waals surface area (Å²) < 4.78 is 2.67. The summed E-state index contributed by atoms with van der Waals surface area (Å²) in [4.78, 5) is 12.4. The minimum absolute atomic E-state index is 0.0546. The molecule has 0 saturated carbocycles. The molecule has 0 atom stereocenters. The van der Waals surface area contributed by atoms with Crippen LogP contribution in [0.1, 0.15) is 17.3 Å². The molecule has 18 heavy (non-hydrogen) atoms. The van der Waals surface area contributed by atoms with Gasteiger partial charge in [0.25, 0.3) is 0 Å². The van der Waals surface area contributed by atoms with Crippen molar-refractivity contribution >= 4 is 56.6 Å². The van der Waals surface area contributed by atoms with Gasteiger partial charge in [-0.05, 0) is 31.4 Å². The number of nitrogens with zero attached hydrogens (tertiary/aromatic N) is 2. The molecule has 3 nitrogen and oxygen atoms in total. The zero-order chi connectivity index (χ0) is 13.1. The number of carbonyl (C=O) groups excluding carboxylic acids is 1. The summed E-state index contributed by atoms with van der Waals surface area (Å²) in [6.45, 7) is 1.56. The first-order valence-electron chi connectivity index (χ1n) is 4.96. The van der Waals surface area contributed by atoms with Crippen LogP contribution in [-0.4, -0.2) is 22.2 Å². The van der Waals surface area contributed by atoms with Crippen molar-refractivity contribution < 1.29 is 4.79 Å². The number of ketones is 1. The second kappa shape index (κ2) is 6.18. The van der Waals surface area contributed by atoms with Gasteiger partial charge in [-0.2, -0.15) is 0 Å². The third-order valence-electron chi connectivity index (χ3n) is 2.09. The third kappa shape index (κ3) is 3.34. The number of halogens is 1. The van der Waals surface area contributed by atoms with E-state index >= 15 is 0 Å². The Balaban J connectivity index is 2.19. The molecule has 0 amide bonds. The van der Waals surface area contributed by atoms with Crippen molar-refractivity contribution in [3.8, 4) is 0 Å². The summed E-state index contributed by atoms with van der Waals surface area (Å²) in [7, 11) is 0. The van der Waals surface area contributed by atoms with Crippen LogP contribution in [0, 0.1) is 0 Å². The van der Waals surface area contributed by atoms with Crippen molar-refractivity contribution in [1.82, 2.24) is 10.2 Å². The van der Waals surface area contributed by atoms with E-state index in [0.717, 1.165) is 18.0 Å². The maximum atomic E-state index is 11.3. The average Bonchev–Trinajstić information content (AvgIpc) is 2.76. The van der Waals surface area contributed by atoms with Crippen LogP contribution in [0.4, 0.5) is 0 Å². The first-order chi connectivity index (χ1) is 8.60. The number of benzene rings is 1. The second-order valence-electron chi connectivity index (χ2n) is 3.34. The SMILES string of the molecule is CSc1nnc(Sc2ccc(C(C)=O)c(Br)c2)s1. The number of thioether (sulfide) groups is 1. The fraction of sp³-hybridized carbons (Fsp3) is 0.182. The molecular weight excluding hydrogens is 352 g/mol. The summed E-state index contributed by atoms with van der Waals surface area (Å²) in [6, 6.07) is 5.68. The molecule has 0 fully saturated rings. The molecule has 0 aliphatic heterocycles. The molecule has 1 aromatic carbocycles. The lowest BCUT2D eigenvalue weighted by molar-refractivity contribution is 0.101. The second-order valence-corrected chi connectivity index (χ2v) is 7.54. The van der Waals surface area contributed by atoms with E-state index < -0.39 is 0 Å². The molecule has 0 aliphatic carbocycles. The minimum atomic E-state index is 0.0546. The maximum absolute atomic E-state index is 11.3. The van der Waals surface area contributed by atoms with E-state index in [9.17, 15) is 4.79 Å². The summed E-state index contributed by atoms with van der Waals surface area (Å²) in [6.07, 6.45) is 1.98. The number of carbonyl (C=O) groups is 1. The van der Waals surface area contributed by atoms with Crippen LogP contribution >= 0.6 is 50.8 Å². The topological polar surface area (TPSA) is 42.9 Å². The van der Waals surface area contributed by atoms with Gasteiger partial charge in [-0.3, -0.25) is 4.79 Å². The first kappa shape index (κ1) is 14.0. The fourth-order valence-corrected chi connectivity index (χ4v) is 4.53. The van der Waals surface area contributed by atoms with Gasteiger partial charge >= 0.3 is 0 Å². The first-order valence-corrected chi connectivity index (χ1v) is 8.61. The van der Waals surface area contributed by atoms with Crippen LogP contribution in [0.25, 0.3) is 0 Å². The summed E-state index contributed by atoms with van der Waals surface area (Å²) in [5.41, 5.74) is 0.696. The molecule has 0 N–H and O–H groups in total. The minimum Gasteiger partial charge on any atom is -0.294 e. The van der Waals surface area contributed by atoms with Crippen molar-refractivity contribution in [3.05, 3.63) is 28.2 Å². The van der Waals surface area contributed by atoms with Crippen LogP contribution in [0.15, 0.2) is 36.2 Å². The Morgan fingerprint density at radius 1 is 1.33 bits per heavy atom. The molecule has 0 spiro atoms. The van der Waals surface area contributed by atoms with Crippen LogP contribution < -0.4 is 0 Å². The van der Waals surface area contributed by atoms with Crippen LogP contribution in [0.2, 0.25) is 0 Å². The lowest BCUT2D eigenvalue weighted by Gasteiger charge is -2.02. The fourth-order valence-electron chi connectivity index (χ4n) is 1.27. The van der Waals surface area contributed by atoms with Crippen molar-refractivity contribution in [2.75, 3.05) is 6.26 Å². The van der Waals surface area contributed by atoms with Gasteiger partial charge in [0.1, 0.15) is 0 Å². The predicted molar refractivity (Wildman–Crippen MR) is 80.0 cm³/mol. The van der Waals surface area contributed by atoms with Gasteiger partial charge in [0.2, 0.25) is 0 Å². The Bertz CT molecular complexity index is 585. The molecule has 0 radical (unpaired) electrons. The highest BCUT2D eigenvalue weighted by Crippen LogP contribution is 2.34. The zero-order valence-electron chi connectivity index (χ0n) is 9.64. The van der Waals surface area contributed by atoms with Gasteiger partial charge in [0.15, 0.2) is 14.5 Å². The van der Waals surface area contributed by atoms with Gasteiger partial charge in [0.05, 0.1) is 0 Å². The van der Waals surface area contributed by atoms with Crippen molar-refractivity contribution in [1.29, 1.82) is 0 Å². The molecule has 0 saturated heterocycles. The van der Waals surface area contributed by atoms with E-state index in [0.29, 0.717) is 5.56 Å². The molecule has 1 aromatic heterocycles. The largest absolute Gasteiger partial charge is 0.294 e. The standard InChI is InChI=1S/C11H9BrN2OS3/c1-6(15)8-4-3-7(5-9(8)12)17-11-14-13-10(16-2)18-11/h3-5H,1-2H3. The molecule has 0 bridgehead atoms. The van der Waals surface area contributed by atoms with Crippen molar-refractivity contribution in [3.63, 3.8) is 0 Å². The normalized spacial score (nSPS) is 10.6. The van der Waals surface area contributed by atoms with E-state index in [1.54, 1.807) is 41.8 Å². The quantitative estimate of drug-likeness (QED) is 0.597. The highest BCUT2D eigenvalue weighted by molar-refractivity contribution is 9.10. The highest BCUT2D eigenvalue weighted by atomic mass is 79.9. The Morgan fingerprint density at radius 2 is 2.06 bits per heavy atom. The molecule has 0 unspecified atom stereocenters. The molecule has 2 rings (SSSR count). The Labute approximate surface area is 126 Å². The Morgan fingerprint density at radius 3 is 2.61 bits per heavy atom. The molecule has 7 heteroatoms. The van der Waals surface area contributed by atoms with E-state index in [-0.39, 0.29) is 5.78 Å². The highest BCUT2D eigenvalue weighted by Gasteiger charge is 2.09. The molecule has 0 aliphatic rings. The van der Waals surface area contributed by atoms with Gasteiger partial charge in [0, 0.05) is 14.9 Å². The van der Waals surface area contributed by atoms with Crippen LogP contribution in [0.5, 0.6) is 0 Å². The van der Waals surface area contributed by atoms with E-state index in [1.807, 2.05) is 24.5 Å². The molecule has 2 aromatic rings. The van der Waals surface area contributed by atoms with E-state index in [2.05, 4.69) is 26.1 Å². The van der Waals surface area contributed by atoms with Crippen LogP contribution in [0.3, 0.4) is 0 Å². The van der Waals surface area contributed by atoms with Gasteiger partial charge < -0.3 is 0 Å². The summed E-state index contributed by atoms with van der Waals surface area (Å²) in [5, 5.41) is 8.14. The number of hydrogen-bond acceptors (Lipinski definition) is 6. The molecular formula is C11H9BrN2OS3. The smallest absolute Gasteiger partial charge is 0.179 e. The zero-order valence-corrected chi connectivity index (χ0v) is 13.7. The monoisotopic (exact) mass is 360 g/mol. The van der Waals surface area contributed by atoms with Gasteiger partial charge in [-0.25, -0.2) is 0 Å². The number of aromatic nitrogens is 2. The van der Waals surface area contributed by atoms with Gasteiger partial charge in [-0.15, -0.1) is 10.2 Å². The van der Waals surface area contributed by atoms with Gasteiger partial charge in [-0.1, -0.05) is 50.8 Å². The molecule has 1 heterocycles. The van der Waals surface area contributed by atoms with E-state index in [4.69, 9.17) is 0 Å². The summed E-state index contributed by atoms with van der Waals surface area (Å²) in [5.74, 6) is 0.0546. The third-order valence-corrected chi connectivity index (χ3v) is 5.68. The van der Waals surface area contributed by atoms with Crippen LogP contribution in [-0.2, 0) is 0 Å². The van der Waals surface area contributed by atoms with E-state index in [1.165, 1.54) is 0 Å². The summed E-state index contributed by atoms with van der Waals surface area (Å²) >= 11 is 8.11. The number of hydrogen-bond donors (Lipinski definition) is 0. The number of rotatable bonds is 4. The predicted octanol–water partition coefficient (Wildman–Crippen LogP) is 4.38.